The van der Waals surface area contributed by atoms with Crippen molar-refractivity contribution in [2.24, 2.45) is 23.7 Å². The van der Waals surface area contributed by atoms with E-state index in [2.05, 4.69) is 6.58 Å². The lowest BCUT2D eigenvalue weighted by atomic mass is 9.68. The highest BCUT2D eigenvalue weighted by atomic mass is 19.4. The van der Waals surface area contributed by atoms with E-state index in [0.717, 1.165) is 12.8 Å². The van der Waals surface area contributed by atoms with Crippen molar-refractivity contribution in [1.29, 1.82) is 0 Å². The van der Waals surface area contributed by atoms with Gasteiger partial charge in [0.25, 0.3) is 0 Å². The molecule has 0 heterocycles. The van der Waals surface area contributed by atoms with Crippen molar-refractivity contribution < 1.29 is 36.6 Å². The van der Waals surface area contributed by atoms with Crippen LogP contribution in [0.2, 0.25) is 0 Å². The van der Waals surface area contributed by atoms with Gasteiger partial charge in [0.2, 0.25) is 6.10 Å². The number of hydrogen-bond donors (Lipinski definition) is 1. The molecule has 25 heavy (non-hydrogen) atoms. The van der Waals surface area contributed by atoms with E-state index < -0.39 is 35.7 Å². The third kappa shape index (κ3) is 2.59. The number of esters is 1. The minimum Gasteiger partial charge on any atom is -0.449 e. The monoisotopic (exact) mass is 368 g/mol. The van der Waals surface area contributed by atoms with Gasteiger partial charge in [0.15, 0.2) is 5.60 Å². The van der Waals surface area contributed by atoms with Gasteiger partial charge in [-0.05, 0) is 50.4 Å². The van der Waals surface area contributed by atoms with Crippen LogP contribution in [0.3, 0.4) is 0 Å². The highest BCUT2D eigenvalue weighted by molar-refractivity contribution is 5.87. The topological polar surface area (TPSA) is 46.5 Å². The van der Waals surface area contributed by atoms with Crippen molar-refractivity contribution in [3.63, 3.8) is 0 Å². The molecule has 0 amide bonds. The second kappa shape index (κ2) is 5.66. The zero-order valence-corrected chi connectivity index (χ0v) is 13.8. The minimum absolute atomic E-state index is 0.164. The Morgan fingerprint density at radius 3 is 2.40 bits per heavy atom. The first-order chi connectivity index (χ1) is 11.4. The summed E-state index contributed by atoms with van der Waals surface area (Å²) in [5.74, 6) is -6.84. The molecular weight excluding hydrogens is 347 g/mol. The lowest BCUT2D eigenvalue weighted by Gasteiger charge is -2.47. The quantitative estimate of drug-likeness (QED) is 0.466. The number of carbonyl (C=O) groups excluding carboxylic acids is 1. The number of halogens is 5. The summed E-state index contributed by atoms with van der Waals surface area (Å²) in [4.78, 5) is 12.0. The Kier molecular flexibility index (Phi) is 4.21. The summed E-state index contributed by atoms with van der Waals surface area (Å²) in [6.45, 7) is 4.58. The molecule has 0 aliphatic heterocycles. The van der Waals surface area contributed by atoms with E-state index in [-0.39, 0.29) is 29.7 Å². The van der Waals surface area contributed by atoms with E-state index in [9.17, 15) is 31.9 Å². The van der Waals surface area contributed by atoms with Gasteiger partial charge in [-0.2, -0.15) is 22.0 Å². The van der Waals surface area contributed by atoms with Gasteiger partial charge < -0.3 is 9.84 Å². The molecule has 142 valence electrons. The third-order valence-corrected chi connectivity index (χ3v) is 6.31. The molecule has 2 bridgehead atoms. The van der Waals surface area contributed by atoms with Gasteiger partial charge >= 0.3 is 18.1 Å². The van der Waals surface area contributed by atoms with Gasteiger partial charge in [0.1, 0.15) is 0 Å². The van der Waals surface area contributed by atoms with E-state index in [0.29, 0.717) is 12.8 Å². The van der Waals surface area contributed by atoms with Crippen molar-refractivity contribution in [1.82, 2.24) is 0 Å². The third-order valence-electron chi connectivity index (χ3n) is 6.31. The fraction of sp³-hybridized carbons (Fsp3) is 0.824. The highest BCUT2D eigenvalue weighted by Gasteiger charge is 2.76. The molecule has 3 nitrogen and oxygen atoms in total. The first kappa shape index (κ1) is 18.6. The standard InChI is InChI=1S/C17H21F5O3/c1-8(2)13(23)25-15(16(18,19)14(24)17(20,21)22)7-9-6-12(15)11-5-3-4-10(9)11/h9-12,14,24H,1,3-7H2,2H3. The fourth-order valence-electron chi connectivity index (χ4n) is 5.35. The number of aliphatic hydroxyl groups excluding tert-OH is 1. The van der Waals surface area contributed by atoms with Crippen LogP contribution in [0.15, 0.2) is 12.2 Å². The molecular formula is C17H21F5O3. The molecule has 0 aromatic rings. The summed E-state index contributed by atoms with van der Waals surface area (Å²) in [5.41, 5.74) is -2.80. The molecule has 8 heteroatoms. The van der Waals surface area contributed by atoms with Gasteiger partial charge in [-0.15, -0.1) is 0 Å². The summed E-state index contributed by atoms with van der Waals surface area (Å²) >= 11 is 0. The van der Waals surface area contributed by atoms with Crippen LogP contribution in [0.4, 0.5) is 22.0 Å². The lowest BCUT2D eigenvalue weighted by Crippen LogP contribution is -2.65. The van der Waals surface area contributed by atoms with Crippen molar-refractivity contribution in [3.8, 4) is 0 Å². The van der Waals surface area contributed by atoms with Crippen LogP contribution in [0.25, 0.3) is 0 Å². The first-order valence-electron chi connectivity index (χ1n) is 8.43. The summed E-state index contributed by atoms with van der Waals surface area (Å²) < 4.78 is 73.6. The van der Waals surface area contributed by atoms with Gasteiger partial charge in [-0.25, -0.2) is 4.79 Å². The van der Waals surface area contributed by atoms with Crippen molar-refractivity contribution >= 4 is 5.97 Å². The fourth-order valence-corrected chi connectivity index (χ4v) is 5.35. The van der Waals surface area contributed by atoms with Crippen LogP contribution in [0, 0.1) is 23.7 Å². The Morgan fingerprint density at radius 1 is 1.24 bits per heavy atom. The summed E-state index contributed by atoms with van der Waals surface area (Å²) in [6.07, 6.45) is -7.10. The average Bonchev–Trinajstić information content (AvgIpc) is 3.16. The molecule has 0 aromatic heterocycles. The van der Waals surface area contributed by atoms with Crippen molar-refractivity contribution in [2.45, 2.75) is 62.8 Å². The smallest absolute Gasteiger partial charge is 0.420 e. The molecule has 3 fully saturated rings. The second-order valence-corrected chi connectivity index (χ2v) is 7.69. The lowest BCUT2D eigenvalue weighted by molar-refractivity contribution is -0.327. The van der Waals surface area contributed by atoms with E-state index in [1.54, 1.807) is 0 Å². The van der Waals surface area contributed by atoms with Crippen LogP contribution in [-0.4, -0.2) is 34.9 Å². The number of rotatable bonds is 4. The Hall–Kier alpha value is -1.18. The van der Waals surface area contributed by atoms with E-state index >= 15 is 0 Å². The second-order valence-electron chi connectivity index (χ2n) is 7.69. The van der Waals surface area contributed by atoms with E-state index in [4.69, 9.17) is 4.74 Å². The number of hydrogen-bond acceptors (Lipinski definition) is 3. The van der Waals surface area contributed by atoms with Crippen LogP contribution in [-0.2, 0) is 9.53 Å². The summed E-state index contributed by atoms with van der Waals surface area (Å²) in [7, 11) is 0. The maximum atomic E-state index is 14.9. The first-order valence-corrected chi connectivity index (χ1v) is 8.43. The molecule has 3 saturated carbocycles. The maximum absolute atomic E-state index is 14.9. The highest BCUT2D eigenvalue weighted by Crippen LogP contribution is 2.67. The number of fused-ring (bicyclic) bond motifs is 5. The molecule has 3 rings (SSSR count). The molecule has 0 aromatic carbocycles. The summed E-state index contributed by atoms with van der Waals surface area (Å²) in [6, 6.07) is 0. The van der Waals surface area contributed by atoms with Crippen LogP contribution in [0.5, 0.6) is 0 Å². The molecule has 0 spiro atoms. The number of aliphatic hydroxyl groups is 1. The Morgan fingerprint density at radius 2 is 1.84 bits per heavy atom. The van der Waals surface area contributed by atoms with E-state index in [1.165, 1.54) is 6.92 Å². The number of ether oxygens (including phenoxy) is 1. The Balaban J connectivity index is 2.02. The zero-order chi connectivity index (χ0) is 18.8. The predicted molar refractivity (Wildman–Crippen MR) is 77.7 cm³/mol. The molecule has 6 atom stereocenters. The molecule has 6 unspecified atom stereocenters. The van der Waals surface area contributed by atoms with Gasteiger partial charge in [-0.3, -0.25) is 0 Å². The van der Waals surface area contributed by atoms with Gasteiger partial charge in [0.05, 0.1) is 0 Å². The van der Waals surface area contributed by atoms with Crippen molar-refractivity contribution in [3.05, 3.63) is 12.2 Å². The molecule has 0 saturated heterocycles. The Bertz CT molecular complexity index is 587. The van der Waals surface area contributed by atoms with Crippen LogP contribution < -0.4 is 0 Å². The van der Waals surface area contributed by atoms with Gasteiger partial charge in [-0.1, -0.05) is 13.0 Å². The van der Waals surface area contributed by atoms with E-state index in [1.807, 2.05) is 0 Å². The predicted octanol–water partition coefficient (Wildman–Crippen LogP) is 3.86. The molecule has 1 N–H and O–H groups in total. The van der Waals surface area contributed by atoms with Crippen LogP contribution >= 0.6 is 0 Å². The zero-order valence-electron chi connectivity index (χ0n) is 13.8. The largest absolute Gasteiger partial charge is 0.449 e. The summed E-state index contributed by atoms with van der Waals surface area (Å²) in [5, 5.41) is 9.37. The van der Waals surface area contributed by atoms with Crippen molar-refractivity contribution in [2.75, 3.05) is 0 Å². The maximum Gasteiger partial charge on any atom is 0.420 e. The minimum atomic E-state index is -5.51. The van der Waals surface area contributed by atoms with Crippen LogP contribution in [0.1, 0.15) is 39.0 Å². The number of carbonyl (C=O) groups is 1. The molecule has 0 radical (unpaired) electrons. The molecule has 3 aliphatic rings. The van der Waals surface area contributed by atoms with Gasteiger partial charge in [0, 0.05) is 11.5 Å². The average molecular weight is 368 g/mol. The SMILES string of the molecule is C=C(C)C(=O)OC1(C(F)(F)C(O)C(F)(F)F)CC2CC1C1CCCC21. The molecule has 3 aliphatic carbocycles. The normalized spacial score (nSPS) is 38.5. The Labute approximate surface area is 142 Å². The number of alkyl halides is 5.